The summed E-state index contributed by atoms with van der Waals surface area (Å²) >= 11 is 0. The highest BCUT2D eigenvalue weighted by molar-refractivity contribution is 5.51. The first-order chi connectivity index (χ1) is 12.2. The third-order valence-electron chi connectivity index (χ3n) is 5.15. The first kappa shape index (κ1) is 20.1. The van der Waals surface area contributed by atoms with Crippen LogP contribution in [-0.4, -0.2) is 55.9 Å². The number of hydrogen-bond donors (Lipinski definition) is 1. The predicted octanol–water partition coefficient (Wildman–Crippen LogP) is 3.93. The van der Waals surface area contributed by atoms with Crippen molar-refractivity contribution >= 4 is 5.69 Å². The standard InChI is InChI=1S/C21H36N2O2/c1-3-4-5-6-7-8-11-20(24)18-22-13-15-23(16-14-22)19-10-9-12-21(17-19)25-2/h9-10,12,17,20,24H,3-8,11,13-16,18H2,1-2H3. The molecular weight excluding hydrogens is 312 g/mol. The lowest BCUT2D eigenvalue weighted by Gasteiger charge is -2.37. The molecule has 1 aliphatic rings. The van der Waals surface area contributed by atoms with Crippen LogP contribution in [0.4, 0.5) is 5.69 Å². The largest absolute Gasteiger partial charge is 0.497 e. The Morgan fingerprint density at radius 2 is 1.76 bits per heavy atom. The number of anilines is 1. The molecule has 25 heavy (non-hydrogen) atoms. The van der Waals surface area contributed by atoms with Crippen molar-refractivity contribution in [1.29, 1.82) is 0 Å². The molecule has 0 spiro atoms. The van der Waals surface area contributed by atoms with Gasteiger partial charge in [0.2, 0.25) is 0 Å². The Morgan fingerprint density at radius 3 is 2.48 bits per heavy atom. The molecule has 1 fully saturated rings. The quantitative estimate of drug-likeness (QED) is 0.615. The van der Waals surface area contributed by atoms with Gasteiger partial charge in [0.05, 0.1) is 13.2 Å². The van der Waals surface area contributed by atoms with E-state index in [4.69, 9.17) is 4.74 Å². The van der Waals surface area contributed by atoms with Crippen molar-refractivity contribution in [2.45, 2.75) is 58.0 Å². The second-order valence-electron chi connectivity index (χ2n) is 7.20. The van der Waals surface area contributed by atoms with Crippen LogP contribution in [0.5, 0.6) is 5.75 Å². The third kappa shape index (κ3) is 7.25. The van der Waals surface area contributed by atoms with Gasteiger partial charge in [-0.1, -0.05) is 51.5 Å². The number of aliphatic hydroxyl groups excluding tert-OH is 1. The Balaban J connectivity index is 1.62. The number of unbranched alkanes of at least 4 members (excludes halogenated alkanes) is 5. The van der Waals surface area contributed by atoms with Crippen molar-refractivity contribution in [2.24, 2.45) is 0 Å². The van der Waals surface area contributed by atoms with E-state index in [0.717, 1.165) is 51.3 Å². The van der Waals surface area contributed by atoms with Crippen LogP contribution in [0, 0.1) is 0 Å². The topological polar surface area (TPSA) is 35.9 Å². The number of methoxy groups -OCH3 is 1. The molecule has 1 heterocycles. The van der Waals surface area contributed by atoms with E-state index in [1.54, 1.807) is 7.11 Å². The molecule has 142 valence electrons. The molecule has 2 rings (SSSR count). The van der Waals surface area contributed by atoms with Crippen molar-refractivity contribution < 1.29 is 9.84 Å². The minimum Gasteiger partial charge on any atom is -0.497 e. The van der Waals surface area contributed by atoms with Gasteiger partial charge < -0.3 is 14.7 Å². The average molecular weight is 349 g/mol. The molecule has 4 nitrogen and oxygen atoms in total. The van der Waals surface area contributed by atoms with Gasteiger partial charge in [0, 0.05) is 44.5 Å². The van der Waals surface area contributed by atoms with E-state index < -0.39 is 0 Å². The molecule has 0 radical (unpaired) electrons. The van der Waals surface area contributed by atoms with E-state index in [9.17, 15) is 5.11 Å². The summed E-state index contributed by atoms with van der Waals surface area (Å²) in [6, 6.07) is 8.28. The zero-order valence-corrected chi connectivity index (χ0v) is 16.1. The predicted molar refractivity (Wildman–Crippen MR) is 106 cm³/mol. The molecule has 1 N–H and O–H groups in total. The zero-order valence-electron chi connectivity index (χ0n) is 16.1. The molecule has 1 aliphatic heterocycles. The maximum atomic E-state index is 10.3. The fraction of sp³-hybridized carbons (Fsp3) is 0.714. The smallest absolute Gasteiger partial charge is 0.120 e. The maximum Gasteiger partial charge on any atom is 0.120 e. The highest BCUT2D eigenvalue weighted by Gasteiger charge is 2.19. The molecule has 0 saturated carbocycles. The number of piperazine rings is 1. The van der Waals surface area contributed by atoms with Gasteiger partial charge in [-0.3, -0.25) is 4.90 Å². The van der Waals surface area contributed by atoms with Gasteiger partial charge in [-0.15, -0.1) is 0 Å². The van der Waals surface area contributed by atoms with Crippen molar-refractivity contribution in [1.82, 2.24) is 4.90 Å². The van der Waals surface area contributed by atoms with Crippen molar-refractivity contribution in [2.75, 3.05) is 44.7 Å². The molecule has 0 bridgehead atoms. The van der Waals surface area contributed by atoms with Crippen molar-refractivity contribution in [3.63, 3.8) is 0 Å². The second kappa shape index (κ2) is 11.4. The lowest BCUT2D eigenvalue weighted by Crippen LogP contribution is -2.48. The van der Waals surface area contributed by atoms with Crippen LogP contribution in [0.3, 0.4) is 0 Å². The zero-order chi connectivity index (χ0) is 17.9. The fourth-order valence-corrected chi connectivity index (χ4v) is 3.55. The molecule has 1 aromatic carbocycles. The summed E-state index contributed by atoms with van der Waals surface area (Å²) in [7, 11) is 1.71. The molecule has 0 amide bonds. The summed E-state index contributed by atoms with van der Waals surface area (Å²) in [5, 5.41) is 10.3. The van der Waals surface area contributed by atoms with Crippen LogP contribution in [0.25, 0.3) is 0 Å². The summed E-state index contributed by atoms with van der Waals surface area (Å²) in [4.78, 5) is 4.80. The molecule has 0 aromatic heterocycles. The van der Waals surface area contributed by atoms with Gasteiger partial charge in [0.25, 0.3) is 0 Å². The van der Waals surface area contributed by atoms with Crippen LogP contribution in [0.2, 0.25) is 0 Å². The first-order valence-corrected chi connectivity index (χ1v) is 10.0. The molecule has 1 atom stereocenters. The van der Waals surface area contributed by atoms with Crippen molar-refractivity contribution in [3.8, 4) is 5.75 Å². The average Bonchev–Trinajstić information content (AvgIpc) is 2.65. The van der Waals surface area contributed by atoms with Crippen molar-refractivity contribution in [3.05, 3.63) is 24.3 Å². The van der Waals surface area contributed by atoms with E-state index in [-0.39, 0.29) is 6.10 Å². The summed E-state index contributed by atoms with van der Waals surface area (Å²) in [5.41, 5.74) is 1.23. The Labute approximate surface area is 153 Å². The van der Waals surface area contributed by atoms with Crippen LogP contribution in [0.1, 0.15) is 51.9 Å². The Hall–Kier alpha value is -1.26. The Bertz CT molecular complexity index is 473. The summed E-state index contributed by atoms with van der Waals surface area (Å²) in [6.07, 6.45) is 8.51. The molecule has 4 heteroatoms. The summed E-state index contributed by atoms with van der Waals surface area (Å²) in [5.74, 6) is 0.911. The Morgan fingerprint density at radius 1 is 1.04 bits per heavy atom. The minimum atomic E-state index is -0.172. The number of ether oxygens (including phenoxy) is 1. The monoisotopic (exact) mass is 348 g/mol. The van der Waals surface area contributed by atoms with Gasteiger partial charge in [0.1, 0.15) is 5.75 Å². The van der Waals surface area contributed by atoms with Crippen LogP contribution < -0.4 is 9.64 Å². The number of hydrogen-bond acceptors (Lipinski definition) is 4. The summed E-state index contributed by atoms with van der Waals surface area (Å²) in [6.45, 7) is 7.13. The van der Waals surface area contributed by atoms with E-state index in [0.29, 0.717) is 0 Å². The van der Waals surface area contributed by atoms with E-state index in [2.05, 4.69) is 28.9 Å². The van der Waals surface area contributed by atoms with Gasteiger partial charge in [-0.25, -0.2) is 0 Å². The molecular formula is C21H36N2O2. The number of β-amino-alcohol motifs (C(OH)–C–C–N with tert-alkyl or cyclic N) is 1. The summed E-state index contributed by atoms with van der Waals surface area (Å²) < 4.78 is 5.32. The number of nitrogens with zero attached hydrogens (tertiary/aromatic N) is 2. The van der Waals surface area contributed by atoms with Crippen LogP contribution in [0.15, 0.2) is 24.3 Å². The number of aliphatic hydroxyl groups is 1. The van der Waals surface area contributed by atoms with Crippen LogP contribution in [-0.2, 0) is 0 Å². The molecule has 0 aliphatic carbocycles. The van der Waals surface area contributed by atoms with Gasteiger partial charge in [-0.05, 0) is 18.6 Å². The molecule has 1 unspecified atom stereocenters. The van der Waals surface area contributed by atoms with Crippen LogP contribution >= 0.6 is 0 Å². The number of benzene rings is 1. The minimum absolute atomic E-state index is 0.172. The number of rotatable bonds is 11. The lowest BCUT2D eigenvalue weighted by atomic mass is 10.1. The van der Waals surface area contributed by atoms with Gasteiger partial charge in [0.15, 0.2) is 0 Å². The van der Waals surface area contributed by atoms with Gasteiger partial charge in [-0.2, -0.15) is 0 Å². The SMILES string of the molecule is CCCCCCCCC(O)CN1CCN(c2cccc(OC)c2)CC1. The Kier molecular flexibility index (Phi) is 9.12. The molecule has 1 saturated heterocycles. The third-order valence-corrected chi connectivity index (χ3v) is 5.15. The second-order valence-corrected chi connectivity index (χ2v) is 7.20. The lowest BCUT2D eigenvalue weighted by molar-refractivity contribution is 0.0996. The van der Waals surface area contributed by atoms with E-state index >= 15 is 0 Å². The fourth-order valence-electron chi connectivity index (χ4n) is 3.55. The highest BCUT2D eigenvalue weighted by Crippen LogP contribution is 2.22. The highest BCUT2D eigenvalue weighted by atomic mass is 16.5. The van der Waals surface area contributed by atoms with E-state index in [1.165, 1.54) is 37.8 Å². The maximum absolute atomic E-state index is 10.3. The first-order valence-electron chi connectivity index (χ1n) is 10.0. The normalized spacial score (nSPS) is 16.8. The van der Waals surface area contributed by atoms with E-state index in [1.807, 2.05) is 12.1 Å². The van der Waals surface area contributed by atoms with Gasteiger partial charge >= 0.3 is 0 Å². The molecule has 1 aromatic rings.